The molecule has 0 atom stereocenters. The van der Waals surface area contributed by atoms with Crippen molar-refractivity contribution in [3.05, 3.63) is 30.6 Å². The van der Waals surface area contributed by atoms with E-state index in [4.69, 9.17) is 0 Å². The fourth-order valence-electron chi connectivity index (χ4n) is 1.27. The molecule has 1 N–H and O–H groups in total. The zero-order valence-electron chi connectivity index (χ0n) is 8.01. The topological polar surface area (TPSA) is 72.0 Å². The molecule has 6 heteroatoms. The Balaban J connectivity index is 2.61. The Morgan fingerprint density at radius 2 is 1.93 bits per heavy atom. The van der Waals surface area contributed by atoms with Gasteiger partial charge in [-0.3, -0.25) is 14.7 Å². The smallest absolute Gasteiger partial charge is 0.229 e. The molecule has 0 saturated carbocycles. The van der Waals surface area contributed by atoms with Gasteiger partial charge in [-0.05, 0) is 12.1 Å². The lowest BCUT2D eigenvalue weighted by Gasteiger charge is -2.05. The third-order valence-corrected chi connectivity index (χ3v) is 2.38. The SMILES string of the molecule is CS(=O)(=O)Nc1cccc2nccnc12. The number of hydrogen-bond donors (Lipinski definition) is 1. The third kappa shape index (κ3) is 2.21. The summed E-state index contributed by atoms with van der Waals surface area (Å²) in [4.78, 5) is 8.15. The van der Waals surface area contributed by atoms with Gasteiger partial charge in [0.05, 0.1) is 17.5 Å². The molecular formula is C9H9N3O2S. The Bertz CT molecular complexity index is 590. The van der Waals surface area contributed by atoms with E-state index in [1.165, 1.54) is 6.20 Å². The second-order valence-electron chi connectivity index (χ2n) is 3.10. The largest absolute Gasteiger partial charge is 0.282 e. The van der Waals surface area contributed by atoms with Gasteiger partial charge in [-0.25, -0.2) is 8.42 Å². The van der Waals surface area contributed by atoms with E-state index >= 15 is 0 Å². The number of rotatable bonds is 2. The summed E-state index contributed by atoms with van der Waals surface area (Å²) in [6.45, 7) is 0. The van der Waals surface area contributed by atoms with E-state index in [-0.39, 0.29) is 0 Å². The highest BCUT2D eigenvalue weighted by Gasteiger charge is 2.06. The average molecular weight is 223 g/mol. The highest BCUT2D eigenvalue weighted by Crippen LogP contribution is 2.19. The van der Waals surface area contributed by atoms with Crippen LogP contribution in [0.15, 0.2) is 30.6 Å². The Kier molecular flexibility index (Phi) is 2.28. The van der Waals surface area contributed by atoms with Crippen LogP contribution in [-0.2, 0) is 10.0 Å². The van der Waals surface area contributed by atoms with Crippen LogP contribution in [0.5, 0.6) is 0 Å². The van der Waals surface area contributed by atoms with E-state index in [2.05, 4.69) is 14.7 Å². The molecule has 0 bridgehead atoms. The van der Waals surface area contributed by atoms with E-state index in [0.717, 1.165) is 6.26 Å². The van der Waals surface area contributed by atoms with Crippen LogP contribution in [0.2, 0.25) is 0 Å². The van der Waals surface area contributed by atoms with Crippen LogP contribution in [0.3, 0.4) is 0 Å². The first-order valence-electron chi connectivity index (χ1n) is 4.24. The molecule has 0 radical (unpaired) electrons. The second-order valence-corrected chi connectivity index (χ2v) is 4.85. The number of benzene rings is 1. The van der Waals surface area contributed by atoms with Gasteiger partial charge < -0.3 is 0 Å². The quantitative estimate of drug-likeness (QED) is 0.824. The molecule has 78 valence electrons. The van der Waals surface area contributed by atoms with E-state index in [1.807, 2.05) is 0 Å². The predicted octanol–water partition coefficient (Wildman–Crippen LogP) is 1.00. The molecule has 0 aliphatic heterocycles. The van der Waals surface area contributed by atoms with Gasteiger partial charge in [0.2, 0.25) is 10.0 Å². The van der Waals surface area contributed by atoms with Gasteiger partial charge in [0, 0.05) is 12.4 Å². The second kappa shape index (κ2) is 3.47. The highest BCUT2D eigenvalue weighted by atomic mass is 32.2. The third-order valence-electron chi connectivity index (χ3n) is 1.79. The lowest BCUT2D eigenvalue weighted by Crippen LogP contribution is -2.10. The van der Waals surface area contributed by atoms with Gasteiger partial charge in [0.15, 0.2) is 0 Å². The molecule has 2 rings (SSSR count). The summed E-state index contributed by atoms with van der Waals surface area (Å²) in [5, 5.41) is 0. The van der Waals surface area contributed by atoms with Crippen molar-refractivity contribution < 1.29 is 8.42 Å². The Morgan fingerprint density at radius 3 is 2.67 bits per heavy atom. The Labute approximate surface area is 87.2 Å². The molecule has 1 heterocycles. The first-order chi connectivity index (χ1) is 7.06. The molecule has 15 heavy (non-hydrogen) atoms. The highest BCUT2D eigenvalue weighted by molar-refractivity contribution is 7.92. The van der Waals surface area contributed by atoms with Crippen LogP contribution in [0.1, 0.15) is 0 Å². The molecule has 0 amide bonds. The number of para-hydroxylation sites is 1. The number of aromatic nitrogens is 2. The number of nitrogens with zero attached hydrogens (tertiary/aromatic N) is 2. The monoisotopic (exact) mass is 223 g/mol. The molecule has 0 spiro atoms. The van der Waals surface area contributed by atoms with Crippen molar-refractivity contribution in [2.45, 2.75) is 0 Å². The number of nitrogens with one attached hydrogen (secondary N) is 1. The van der Waals surface area contributed by atoms with E-state index < -0.39 is 10.0 Å². The van der Waals surface area contributed by atoms with Gasteiger partial charge in [0.25, 0.3) is 0 Å². The van der Waals surface area contributed by atoms with Crippen LogP contribution in [0.25, 0.3) is 11.0 Å². The normalized spacial score (nSPS) is 11.5. The summed E-state index contributed by atoms with van der Waals surface area (Å²) < 4.78 is 24.6. The van der Waals surface area contributed by atoms with Gasteiger partial charge in [0.1, 0.15) is 5.52 Å². The molecule has 5 nitrogen and oxygen atoms in total. The van der Waals surface area contributed by atoms with Crippen LogP contribution in [0.4, 0.5) is 5.69 Å². The summed E-state index contributed by atoms with van der Waals surface area (Å²) >= 11 is 0. The minimum absolute atomic E-state index is 0.447. The van der Waals surface area contributed by atoms with Crippen LogP contribution in [0, 0.1) is 0 Å². The minimum atomic E-state index is -3.29. The summed E-state index contributed by atoms with van der Waals surface area (Å²) in [6.07, 6.45) is 4.19. The maximum Gasteiger partial charge on any atom is 0.229 e. The minimum Gasteiger partial charge on any atom is -0.282 e. The van der Waals surface area contributed by atoms with E-state index in [1.54, 1.807) is 24.4 Å². The first-order valence-corrected chi connectivity index (χ1v) is 6.13. The number of sulfonamides is 1. The molecule has 1 aromatic carbocycles. The van der Waals surface area contributed by atoms with Gasteiger partial charge in [-0.1, -0.05) is 6.07 Å². The van der Waals surface area contributed by atoms with Crippen molar-refractivity contribution in [1.82, 2.24) is 9.97 Å². The van der Waals surface area contributed by atoms with Crippen molar-refractivity contribution in [2.24, 2.45) is 0 Å². The van der Waals surface area contributed by atoms with Gasteiger partial charge >= 0.3 is 0 Å². The zero-order valence-corrected chi connectivity index (χ0v) is 8.82. The molecule has 0 unspecified atom stereocenters. The molecular weight excluding hydrogens is 214 g/mol. The van der Waals surface area contributed by atoms with Gasteiger partial charge in [-0.15, -0.1) is 0 Å². The summed E-state index contributed by atoms with van der Waals surface area (Å²) in [7, 11) is -3.29. The molecule has 2 aromatic rings. The molecule has 0 fully saturated rings. The van der Waals surface area contributed by atoms with Crippen molar-refractivity contribution in [2.75, 3.05) is 11.0 Å². The number of fused-ring (bicyclic) bond motifs is 1. The average Bonchev–Trinajstić information content (AvgIpc) is 2.16. The Morgan fingerprint density at radius 1 is 1.20 bits per heavy atom. The van der Waals surface area contributed by atoms with Crippen LogP contribution < -0.4 is 4.72 Å². The first kappa shape index (κ1) is 9.85. The fraction of sp³-hybridized carbons (Fsp3) is 0.111. The zero-order chi connectivity index (χ0) is 10.9. The molecule has 1 aromatic heterocycles. The fourth-order valence-corrected chi connectivity index (χ4v) is 1.84. The van der Waals surface area contributed by atoms with Crippen LogP contribution in [-0.4, -0.2) is 24.6 Å². The summed E-state index contributed by atoms with van der Waals surface area (Å²) in [5.41, 5.74) is 1.65. The number of anilines is 1. The van der Waals surface area contributed by atoms with Crippen molar-refractivity contribution in [3.8, 4) is 0 Å². The maximum absolute atomic E-state index is 11.1. The van der Waals surface area contributed by atoms with Gasteiger partial charge in [-0.2, -0.15) is 0 Å². The van der Waals surface area contributed by atoms with Crippen molar-refractivity contribution in [1.29, 1.82) is 0 Å². The predicted molar refractivity (Wildman–Crippen MR) is 58.0 cm³/mol. The number of hydrogen-bond acceptors (Lipinski definition) is 4. The standard InChI is InChI=1S/C9H9N3O2S/c1-15(13,14)12-8-4-2-3-7-9(8)11-6-5-10-7/h2-6,12H,1H3. The van der Waals surface area contributed by atoms with Crippen LogP contribution >= 0.6 is 0 Å². The van der Waals surface area contributed by atoms with Crippen molar-refractivity contribution >= 4 is 26.7 Å². The van der Waals surface area contributed by atoms with Crippen molar-refractivity contribution in [3.63, 3.8) is 0 Å². The Hall–Kier alpha value is -1.69. The summed E-state index contributed by atoms with van der Waals surface area (Å²) in [6, 6.07) is 5.15. The van der Waals surface area contributed by atoms with E-state index in [0.29, 0.717) is 16.7 Å². The lowest BCUT2D eigenvalue weighted by molar-refractivity contribution is 0.607. The van der Waals surface area contributed by atoms with E-state index in [9.17, 15) is 8.42 Å². The maximum atomic E-state index is 11.1. The summed E-state index contributed by atoms with van der Waals surface area (Å²) in [5.74, 6) is 0. The molecule has 0 saturated heterocycles. The molecule has 0 aliphatic carbocycles. The lowest BCUT2D eigenvalue weighted by atomic mass is 10.2. The molecule has 0 aliphatic rings.